The van der Waals surface area contributed by atoms with E-state index in [-0.39, 0.29) is 18.9 Å². The van der Waals surface area contributed by atoms with Crippen LogP contribution in [0.25, 0.3) is 0 Å². The van der Waals surface area contributed by atoms with Crippen LogP contribution in [0.4, 0.5) is 4.79 Å². The molecule has 7 heteroatoms. The van der Waals surface area contributed by atoms with Crippen molar-refractivity contribution in [3.63, 3.8) is 0 Å². The Hall–Kier alpha value is -1.34. The Morgan fingerprint density at radius 1 is 0.605 bits per heavy atom. The van der Waals surface area contributed by atoms with Crippen molar-refractivity contribution in [2.45, 2.75) is 175 Å². The van der Waals surface area contributed by atoms with Crippen LogP contribution in [0.2, 0.25) is 0 Å². The lowest BCUT2D eigenvalue weighted by Gasteiger charge is -2.24. The maximum absolute atomic E-state index is 12.6. The molecule has 0 rings (SSSR count). The third-order valence-corrected chi connectivity index (χ3v) is 8.13. The second-order valence-electron chi connectivity index (χ2n) is 12.7. The molecule has 0 bridgehead atoms. The summed E-state index contributed by atoms with van der Waals surface area (Å²) in [6, 6.07) is 0. The molecule has 0 heterocycles. The van der Waals surface area contributed by atoms with Gasteiger partial charge in [-0.1, -0.05) is 136 Å². The van der Waals surface area contributed by atoms with Gasteiger partial charge in [-0.3, -0.25) is 4.79 Å². The number of carbonyl (C=O) groups excluding carboxylic acids is 2. The summed E-state index contributed by atoms with van der Waals surface area (Å²) in [5, 5.41) is 0. The molecule has 0 saturated heterocycles. The Kier molecular flexibility index (Phi) is 31.1. The molecule has 1 atom stereocenters. The minimum atomic E-state index is -0.587. The summed E-state index contributed by atoms with van der Waals surface area (Å²) in [6.45, 7) is 8.24. The van der Waals surface area contributed by atoms with Gasteiger partial charge in [-0.25, -0.2) is 4.79 Å². The molecule has 43 heavy (non-hydrogen) atoms. The van der Waals surface area contributed by atoms with Crippen LogP contribution in [0.5, 0.6) is 0 Å². The molecule has 0 aliphatic rings. The fourth-order valence-electron chi connectivity index (χ4n) is 5.44. The van der Waals surface area contributed by atoms with E-state index in [1.54, 1.807) is 0 Å². The highest BCUT2D eigenvalue weighted by atomic mass is 16.7. The van der Waals surface area contributed by atoms with Crippen molar-refractivity contribution in [1.29, 1.82) is 0 Å². The summed E-state index contributed by atoms with van der Waals surface area (Å²) in [5.74, 6) is 0.318. The zero-order chi connectivity index (χ0) is 31.8. The van der Waals surface area contributed by atoms with Gasteiger partial charge in [0, 0.05) is 19.4 Å². The zero-order valence-electron chi connectivity index (χ0n) is 29.1. The topological polar surface area (TPSA) is 74.3 Å². The van der Waals surface area contributed by atoms with Gasteiger partial charge in [-0.05, 0) is 39.3 Å². The minimum Gasteiger partial charge on any atom is -0.438 e. The Bertz CT molecular complexity index is 599. The molecule has 0 aromatic heterocycles. The summed E-state index contributed by atoms with van der Waals surface area (Å²) in [7, 11) is 4.01. The third-order valence-electron chi connectivity index (χ3n) is 8.13. The first-order valence-electron chi connectivity index (χ1n) is 18.1. The van der Waals surface area contributed by atoms with Crippen LogP contribution >= 0.6 is 0 Å². The van der Waals surface area contributed by atoms with Gasteiger partial charge in [0.05, 0.1) is 13.2 Å². The predicted molar refractivity (Wildman–Crippen MR) is 178 cm³/mol. The van der Waals surface area contributed by atoms with E-state index in [0.29, 0.717) is 32.0 Å². The monoisotopic (exact) mass is 614 g/mol. The quantitative estimate of drug-likeness (QED) is 0.0424. The maximum Gasteiger partial charge on any atom is 0.508 e. The molecule has 0 radical (unpaired) electrons. The number of hydrogen-bond donors (Lipinski definition) is 0. The van der Waals surface area contributed by atoms with Gasteiger partial charge in [-0.15, -0.1) is 0 Å². The highest BCUT2D eigenvalue weighted by molar-refractivity contribution is 5.69. The summed E-state index contributed by atoms with van der Waals surface area (Å²) < 4.78 is 22.2. The molecular weight excluding hydrogens is 542 g/mol. The van der Waals surface area contributed by atoms with Gasteiger partial charge in [-0.2, -0.15) is 0 Å². The van der Waals surface area contributed by atoms with E-state index in [2.05, 4.69) is 25.7 Å². The molecule has 0 spiro atoms. The lowest BCUT2D eigenvalue weighted by atomic mass is 9.88. The van der Waals surface area contributed by atoms with E-state index in [9.17, 15) is 9.59 Å². The van der Waals surface area contributed by atoms with Crippen molar-refractivity contribution in [2.24, 2.45) is 5.92 Å². The predicted octanol–water partition coefficient (Wildman–Crippen LogP) is 10.2. The van der Waals surface area contributed by atoms with Crippen molar-refractivity contribution in [3.8, 4) is 0 Å². The summed E-state index contributed by atoms with van der Waals surface area (Å²) >= 11 is 0. The SMILES string of the molecule is CCCCCCCCC(CCCCCCCC)CC(CCOCOC(=O)CCCCCCC)OC(=O)OCCCN(C)C. The first-order chi connectivity index (χ1) is 20.9. The third kappa shape index (κ3) is 30.5. The average molecular weight is 614 g/mol. The molecular formula is C36H71NO6. The van der Waals surface area contributed by atoms with Crippen LogP contribution in [-0.4, -0.2) is 63.8 Å². The fourth-order valence-corrected chi connectivity index (χ4v) is 5.44. The summed E-state index contributed by atoms with van der Waals surface area (Å²) in [4.78, 5) is 26.7. The van der Waals surface area contributed by atoms with E-state index in [1.807, 2.05) is 14.1 Å². The van der Waals surface area contributed by atoms with Crippen LogP contribution in [-0.2, 0) is 23.7 Å². The van der Waals surface area contributed by atoms with Gasteiger partial charge < -0.3 is 23.8 Å². The van der Waals surface area contributed by atoms with Crippen LogP contribution in [0.15, 0.2) is 0 Å². The van der Waals surface area contributed by atoms with Crippen molar-refractivity contribution in [2.75, 3.05) is 40.6 Å². The number of esters is 1. The highest BCUT2D eigenvalue weighted by Crippen LogP contribution is 2.26. The number of unbranched alkanes of at least 4 members (excludes halogenated alkanes) is 14. The first-order valence-corrected chi connectivity index (χ1v) is 18.1. The van der Waals surface area contributed by atoms with Crippen LogP contribution < -0.4 is 0 Å². The van der Waals surface area contributed by atoms with Gasteiger partial charge in [0.15, 0.2) is 6.79 Å². The van der Waals surface area contributed by atoms with Gasteiger partial charge in [0.2, 0.25) is 0 Å². The Labute approximate surface area is 266 Å². The molecule has 0 saturated carbocycles. The molecule has 1 unspecified atom stereocenters. The Morgan fingerprint density at radius 2 is 1.14 bits per heavy atom. The number of rotatable bonds is 32. The molecule has 0 aliphatic heterocycles. The van der Waals surface area contributed by atoms with Crippen LogP contribution in [0.1, 0.15) is 168 Å². The number of carbonyl (C=O) groups is 2. The zero-order valence-corrected chi connectivity index (χ0v) is 29.1. The van der Waals surface area contributed by atoms with Crippen LogP contribution in [0.3, 0.4) is 0 Å². The lowest BCUT2D eigenvalue weighted by molar-refractivity contribution is -0.156. The van der Waals surface area contributed by atoms with Crippen molar-refractivity contribution < 1.29 is 28.5 Å². The maximum atomic E-state index is 12.6. The average Bonchev–Trinajstić information content (AvgIpc) is 2.98. The van der Waals surface area contributed by atoms with E-state index in [1.165, 1.54) is 109 Å². The molecule has 0 aromatic carbocycles. The molecule has 0 N–H and O–H groups in total. The van der Waals surface area contributed by atoms with Gasteiger partial charge in [0.1, 0.15) is 6.10 Å². The largest absolute Gasteiger partial charge is 0.508 e. The summed E-state index contributed by atoms with van der Waals surface area (Å²) in [5.41, 5.74) is 0. The summed E-state index contributed by atoms with van der Waals surface area (Å²) in [6.07, 6.45) is 25.1. The Morgan fingerprint density at radius 3 is 1.70 bits per heavy atom. The van der Waals surface area contributed by atoms with Gasteiger partial charge in [0.25, 0.3) is 0 Å². The number of nitrogens with zero attached hydrogens (tertiary/aromatic N) is 1. The highest BCUT2D eigenvalue weighted by Gasteiger charge is 2.21. The molecule has 7 nitrogen and oxygen atoms in total. The Balaban J connectivity index is 4.86. The first kappa shape index (κ1) is 41.7. The van der Waals surface area contributed by atoms with Crippen molar-refractivity contribution in [3.05, 3.63) is 0 Å². The second-order valence-corrected chi connectivity index (χ2v) is 12.7. The second kappa shape index (κ2) is 32.1. The van der Waals surface area contributed by atoms with Crippen molar-refractivity contribution >= 4 is 12.1 Å². The normalized spacial score (nSPS) is 12.2. The number of ether oxygens (including phenoxy) is 4. The van der Waals surface area contributed by atoms with Crippen molar-refractivity contribution in [1.82, 2.24) is 4.90 Å². The van der Waals surface area contributed by atoms with E-state index in [0.717, 1.165) is 32.2 Å². The van der Waals surface area contributed by atoms with E-state index in [4.69, 9.17) is 18.9 Å². The molecule has 0 aliphatic carbocycles. The van der Waals surface area contributed by atoms with Crippen LogP contribution in [0, 0.1) is 5.92 Å². The number of hydrogen-bond acceptors (Lipinski definition) is 7. The minimum absolute atomic E-state index is 0.0472. The van der Waals surface area contributed by atoms with E-state index >= 15 is 0 Å². The molecule has 0 aromatic rings. The standard InChI is InChI=1S/C36H71NO6/c1-6-9-12-15-18-20-24-33(25-21-19-16-13-10-7-2)31-34(43-36(39)41-29-23-28-37(4)5)27-30-40-32-42-35(38)26-22-17-14-11-8-3/h33-34H,6-32H2,1-5H3. The molecule has 0 fully saturated rings. The van der Waals surface area contributed by atoms with E-state index < -0.39 is 6.16 Å². The lowest BCUT2D eigenvalue weighted by Crippen LogP contribution is -2.25. The smallest absolute Gasteiger partial charge is 0.438 e. The molecule has 0 amide bonds. The molecule has 256 valence electrons. The van der Waals surface area contributed by atoms with Gasteiger partial charge >= 0.3 is 12.1 Å². The fraction of sp³-hybridized carbons (Fsp3) is 0.944.